The molecule has 2 rings (SSSR count). The van der Waals surface area contributed by atoms with Crippen molar-refractivity contribution < 1.29 is 4.79 Å². The maximum atomic E-state index is 11.3. The van der Waals surface area contributed by atoms with Crippen LogP contribution in [0.1, 0.15) is 31.7 Å². The maximum Gasteiger partial charge on any atom is 0.176 e. The number of para-hydroxylation sites is 1. The molecule has 0 aliphatic carbocycles. The van der Waals surface area contributed by atoms with E-state index in [4.69, 9.17) is 11.8 Å². The summed E-state index contributed by atoms with van der Waals surface area (Å²) in [6.45, 7) is 2.14. The molecule has 2 nitrogen and oxygen atoms in total. The number of halogens is 1. The molecule has 0 amide bonds. The van der Waals surface area contributed by atoms with E-state index in [9.17, 15) is 4.79 Å². The number of fused-ring (bicyclic) bond motifs is 1. The topological polar surface area (TPSA) is 17.1 Å². The van der Waals surface area contributed by atoms with E-state index in [0.717, 1.165) is 48.1 Å². The van der Waals surface area contributed by atoms with Gasteiger partial charge in [0.05, 0.1) is 18.2 Å². The van der Waals surface area contributed by atoms with Gasteiger partial charge in [0, 0.05) is 12.5 Å². The zero-order chi connectivity index (χ0) is 12.5. The Morgan fingerprint density at radius 3 is 2.71 bits per heavy atom. The van der Waals surface area contributed by atoms with Gasteiger partial charge in [0.25, 0.3) is 0 Å². The summed E-state index contributed by atoms with van der Waals surface area (Å²) in [5, 5.41) is 0. The zero-order valence-corrected chi connectivity index (χ0v) is 11.0. The van der Waals surface area contributed by atoms with Crippen LogP contribution in [0.3, 0.4) is 0 Å². The van der Waals surface area contributed by atoms with Gasteiger partial charge in [-0.25, -0.2) is 0 Å². The van der Waals surface area contributed by atoms with Gasteiger partial charge in [-0.05, 0) is 12.5 Å². The van der Waals surface area contributed by atoms with Crippen LogP contribution >= 0.6 is 11.8 Å². The predicted molar refractivity (Wildman–Crippen MR) is 72.5 cm³/mol. The van der Waals surface area contributed by atoms with Gasteiger partial charge in [-0.1, -0.05) is 25.5 Å². The molecule has 1 aliphatic heterocycles. The number of unbranched alkanes of at least 4 members (excludes halogenated alkanes) is 1. The monoisotopic (exact) mass is 250 g/mol. The molecule has 1 heterocycles. The number of carbonyl (C=O) groups is 1. The lowest BCUT2D eigenvalue weighted by Crippen LogP contribution is -2.30. The molecule has 17 heavy (non-hydrogen) atoms. The summed E-state index contributed by atoms with van der Waals surface area (Å²) >= 11 is 6.59. The molecule has 1 atom stereocenters. The number of allylic oxidation sites excluding steroid dienone is 2. The van der Waals surface area contributed by atoms with E-state index in [2.05, 4.69) is 6.92 Å². The number of nitrogens with zero attached hydrogens (tertiary/aromatic N) is 1. The molecule has 0 radical (unpaired) electrons. The maximum absolute atomic E-state index is 11.3. The number of aldehydes is 1. The molecule has 0 N–H and O–H groups in total. The van der Waals surface area contributed by atoms with Gasteiger partial charge in [-0.2, -0.15) is 4.00 Å². The number of hydrogen-bond donors (Lipinski definition) is 0. The Morgan fingerprint density at radius 2 is 2.06 bits per heavy atom. The molecule has 0 bridgehead atoms. The average molecular weight is 251 g/mol. The standard InChI is InChI=1S/C14H17ClNO/c1-3-4-8-14-12(10-17)11-7-5-6-9-13(11)16(14,2)15/h5-7,9-10H,3-4,8H2,1-2H3/q+1. The third kappa shape index (κ3) is 1.92. The predicted octanol–water partition coefficient (Wildman–Crippen LogP) is 3.89. The van der Waals surface area contributed by atoms with E-state index in [-0.39, 0.29) is 4.00 Å². The van der Waals surface area contributed by atoms with Crippen molar-refractivity contribution in [2.75, 3.05) is 7.05 Å². The Kier molecular flexibility index (Phi) is 3.36. The molecular weight excluding hydrogens is 234 g/mol. The minimum atomic E-state index is 0.199. The third-order valence-electron chi connectivity index (χ3n) is 3.35. The summed E-state index contributed by atoms with van der Waals surface area (Å²) in [5.74, 6) is 0. The molecule has 90 valence electrons. The summed E-state index contributed by atoms with van der Waals surface area (Å²) in [5.41, 5.74) is 3.77. The summed E-state index contributed by atoms with van der Waals surface area (Å²) in [6, 6.07) is 7.87. The molecule has 1 aromatic carbocycles. The van der Waals surface area contributed by atoms with Gasteiger partial charge < -0.3 is 0 Å². The molecule has 1 aromatic rings. The van der Waals surface area contributed by atoms with Crippen molar-refractivity contribution >= 4 is 29.3 Å². The Balaban J connectivity index is 2.53. The number of hydrogen-bond acceptors (Lipinski definition) is 1. The smallest absolute Gasteiger partial charge is 0.176 e. The fourth-order valence-corrected chi connectivity index (χ4v) is 2.74. The van der Waals surface area contributed by atoms with Gasteiger partial charge in [0.2, 0.25) is 0 Å². The summed E-state index contributed by atoms with van der Waals surface area (Å²) in [4.78, 5) is 11.3. The molecule has 0 aromatic heterocycles. The Labute approximate surface area is 107 Å². The van der Waals surface area contributed by atoms with Crippen LogP contribution in [0.15, 0.2) is 30.0 Å². The highest BCUT2D eigenvalue weighted by molar-refractivity contribution is 6.28. The summed E-state index contributed by atoms with van der Waals surface area (Å²) < 4.78 is 0.199. The molecule has 0 spiro atoms. The van der Waals surface area contributed by atoms with Crippen molar-refractivity contribution in [1.82, 2.24) is 4.00 Å². The van der Waals surface area contributed by atoms with Crippen molar-refractivity contribution in [2.24, 2.45) is 0 Å². The van der Waals surface area contributed by atoms with Crippen LogP contribution in [0.25, 0.3) is 5.57 Å². The van der Waals surface area contributed by atoms with Crippen LogP contribution in [0.4, 0.5) is 5.69 Å². The minimum absolute atomic E-state index is 0.199. The van der Waals surface area contributed by atoms with E-state index in [1.165, 1.54) is 0 Å². The molecule has 1 unspecified atom stereocenters. The first-order valence-electron chi connectivity index (χ1n) is 5.98. The Bertz CT molecular complexity index is 477. The van der Waals surface area contributed by atoms with Crippen molar-refractivity contribution in [3.63, 3.8) is 0 Å². The lowest BCUT2D eigenvalue weighted by atomic mass is 10.1. The lowest BCUT2D eigenvalue weighted by Gasteiger charge is -2.22. The first-order valence-corrected chi connectivity index (χ1v) is 6.31. The van der Waals surface area contributed by atoms with Gasteiger partial charge >= 0.3 is 0 Å². The molecule has 0 saturated carbocycles. The van der Waals surface area contributed by atoms with Crippen molar-refractivity contribution in [3.05, 3.63) is 35.5 Å². The number of benzene rings is 1. The highest BCUT2D eigenvalue weighted by Crippen LogP contribution is 2.46. The second-order valence-electron chi connectivity index (χ2n) is 4.50. The fraction of sp³-hybridized carbons (Fsp3) is 0.357. The average Bonchev–Trinajstić information content (AvgIpc) is 2.55. The third-order valence-corrected chi connectivity index (χ3v) is 3.74. The van der Waals surface area contributed by atoms with Crippen LogP contribution < -0.4 is 4.00 Å². The van der Waals surface area contributed by atoms with Crippen LogP contribution in [0.2, 0.25) is 0 Å². The van der Waals surface area contributed by atoms with Crippen LogP contribution in [-0.4, -0.2) is 13.3 Å². The molecular formula is C14H17ClNO+. The largest absolute Gasteiger partial charge is 0.298 e. The van der Waals surface area contributed by atoms with Crippen molar-refractivity contribution in [3.8, 4) is 0 Å². The van der Waals surface area contributed by atoms with E-state index >= 15 is 0 Å². The van der Waals surface area contributed by atoms with Crippen LogP contribution in [0, 0.1) is 0 Å². The van der Waals surface area contributed by atoms with Gasteiger partial charge in [-0.3, -0.25) is 4.79 Å². The molecule has 3 heteroatoms. The van der Waals surface area contributed by atoms with Crippen molar-refractivity contribution in [1.29, 1.82) is 0 Å². The highest BCUT2D eigenvalue weighted by atomic mass is 35.5. The SMILES string of the molecule is CCCCC1=C(C=O)c2ccccc2[N+]1(C)Cl. The molecule has 0 saturated heterocycles. The van der Waals surface area contributed by atoms with Gasteiger partial charge in [-0.15, -0.1) is 0 Å². The zero-order valence-electron chi connectivity index (χ0n) is 10.2. The first-order chi connectivity index (χ1) is 8.12. The molecule has 0 fully saturated rings. The second kappa shape index (κ2) is 4.63. The Morgan fingerprint density at radius 1 is 1.35 bits per heavy atom. The number of rotatable bonds is 4. The van der Waals surface area contributed by atoms with Crippen molar-refractivity contribution in [2.45, 2.75) is 26.2 Å². The highest BCUT2D eigenvalue weighted by Gasteiger charge is 2.41. The van der Waals surface area contributed by atoms with E-state index in [0.29, 0.717) is 0 Å². The van der Waals surface area contributed by atoms with Gasteiger partial charge in [0.15, 0.2) is 23.8 Å². The normalized spacial score (nSPS) is 22.8. The van der Waals surface area contributed by atoms with Gasteiger partial charge in [0.1, 0.15) is 5.70 Å². The van der Waals surface area contributed by atoms with E-state index < -0.39 is 0 Å². The van der Waals surface area contributed by atoms with Crippen LogP contribution in [-0.2, 0) is 4.79 Å². The molecule has 1 aliphatic rings. The minimum Gasteiger partial charge on any atom is -0.298 e. The second-order valence-corrected chi connectivity index (χ2v) is 5.17. The number of carbonyl (C=O) groups excluding carboxylic acids is 1. The fourth-order valence-electron chi connectivity index (χ4n) is 2.41. The summed E-state index contributed by atoms with van der Waals surface area (Å²) in [6.07, 6.45) is 3.97. The Hall–Kier alpha value is -1.12. The quantitative estimate of drug-likeness (QED) is 0.585. The van der Waals surface area contributed by atoms with E-state index in [1.54, 1.807) is 0 Å². The van der Waals surface area contributed by atoms with E-state index in [1.807, 2.05) is 31.3 Å². The summed E-state index contributed by atoms with van der Waals surface area (Å²) in [7, 11) is 1.93. The first kappa shape index (κ1) is 12.3. The lowest BCUT2D eigenvalue weighted by molar-refractivity contribution is -0.103. The van der Waals surface area contributed by atoms with Crippen LogP contribution in [0.5, 0.6) is 0 Å². The number of quaternary nitrogens is 1.